The summed E-state index contributed by atoms with van der Waals surface area (Å²) in [6, 6.07) is 4.11. The second-order valence-corrected chi connectivity index (χ2v) is 8.45. The Morgan fingerprint density at radius 2 is 2.04 bits per heavy atom. The van der Waals surface area contributed by atoms with Gasteiger partial charge in [-0.1, -0.05) is 20.8 Å². The minimum Gasteiger partial charge on any atom is -0.496 e. The first-order valence-corrected chi connectivity index (χ1v) is 9.43. The second kappa shape index (κ2) is 6.31. The van der Waals surface area contributed by atoms with Crippen LogP contribution in [0.5, 0.6) is 5.75 Å². The Labute approximate surface area is 151 Å². The van der Waals surface area contributed by atoms with Crippen molar-refractivity contribution >= 4 is 5.91 Å². The summed E-state index contributed by atoms with van der Waals surface area (Å²) in [5, 5.41) is 13.4. The molecule has 0 radical (unpaired) electrons. The van der Waals surface area contributed by atoms with Crippen LogP contribution in [0.15, 0.2) is 12.1 Å². The summed E-state index contributed by atoms with van der Waals surface area (Å²) in [5.74, 6) is 1.00. The number of aryl methyl sites for hydroxylation is 1. The summed E-state index contributed by atoms with van der Waals surface area (Å²) in [6.07, 6.45) is 3.54. The SMILES string of the molecule is CCNC(=O)c1cc2c(cc1OC)[C@@]1(C)CC[C@H](O)C(C)(C)[C@@H]1CC2. The van der Waals surface area contributed by atoms with E-state index in [0.717, 1.165) is 25.7 Å². The van der Waals surface area contributed by atoms with Gasteiger partial charge in [0, 0.05) is 6.54 Å². The van der Waals surface area contributed by atoms with Crippen LogP contribution in [-0.2, 0) is 11.8 Å². The molecule has 2 aliphatic rings. The van der Waals surface area contributed by atoms with Crippen molar-refractivity contribution in [2.45, 2.75) is 64.9 Å². The van der Waals surface area contributed by atoms with Crippen molar-refractivity contribution in [3.63, 3.8) is 0 Å². The van der Waals surface area contributed by atoms with Gasteiger partial charge in [0.05, 0.1) is 18.8 Å². The lowest BCUT2D eigenvalue weighted by Gasteiger charge is -2.56. The molecule has 1 amide bonds. The minimum atomic E-state index is -0.247. The monoisotopic (exact) mass is 345 g/mol. The topological polar surface area (TPSA) is 58.6 Å². The average molecular weight is 345 g/mol. The molecule has 4 heteroatoms. The number of hydrogen-bond acceptors (Lipinski definition) is 3. The Hall–Kier alpha value is -1.55. The molecule has 1 saturated carbocycles. The third-order valence-electron chi connectivity index (χ3n) is 6.79. The Bertz CT molecular complexity index is 682. The van der Waals surface area contributed by atoms with Crippen molar-refractivity contribution < 1.29 is 14.6 Å². The Morgan fingerprint density at radius 3 is 2.68 bits per heavy atom. The molecular weight excluding hydrogens is 314 g/mol. The van der Waals surface area contributed by atoms with Gasteiger partial charge in [-0.05, 0) is 72.6 Å². The number of carbonyl (C=O) groups is 1. The van der Waals surface area contributed by atoms with E-state index >= 15 is 0 Å². The fraction of sp³-hybridized carbons (Fsp3) is 0.667. The number of rotatable bonds is 3. The maximum absolute atomic E-state index is 12.4. The minimum absolute atomic E-state index is 0.0172. The van der Waals surface area contributed by atoms with Gasteiger partial charge in [0.15, 0.2) is 0 Å². The van der Waals surface area contributed by atoms with E-state index in [0.29, 0.717) is 23.8 Å². The highest BCUT2D eigenvalue weighted by Crippen LogP contribution is 2.57. The molecule has 0 aromatic heterocycles. The van der Waals surface area contributed by atoms with Crippen LogP contribution in [0.4, 0.5) is 0 Å². The number of aliphatic hydroxyl groups excluding tert-OH is 1. The summed E-state index contributed by atoms with van der Waals surface area (Å²) < 4.78 is 5.57. The summed E-state index contributed by atoms with van der Waals surface area (Å²) >= 11 is 0. The molecule has 0 spiro atoms. The van der Waals surface area contributed by atoms with Gasteiger partial charge in [0.1, 0.15) is 5.75 Å². The number of methoxy groups -OCH3 is 1. The van der Waals surface area contributed by atoms with Crippen molar-refractivity contribution in [2.24, 2.45) is 11.3 Å². The smallest absolute Gasteiger partial charge is 0.255 e. The second-order valence-electron chi connectivity index (χ2n) is 8.45. The fourth-order valence-electron chi connectivity index (χ4n) is 5.31. The molecule has 0 saturated heterocycles. The van der Waals surface area contributed by atoms with Gasteiger partial charge in [0.2, 0.25) is 0 Å². The Balaban J connectivity index is 2.09. The third-order valence-corrected chi connectivity index (χ3v) is 6.79. The maximum Gasteiger partial charge on any atom is 0.255 e. The van der Waals surface area contributed by atoms with E-state index in [1.165, 1.54) is 11.1 Å². The molecule has 1 fully saturated rings. The van der Waals surface area contributed by atoms with Gasteiger partial charge >= 0.3 is 0 Å². The van der Waals surface area contributed by atoms with Gasteiger partial charge in [-0.2, -0.15) is 0 Å². The molecule has 1 aromatic rings. The number of amides is 1. The van der Waals surface area contributed by atoms with E-state index in [4.69, 9.17) is 4.74 Å². The molecule has 2 aliphatic carbocycles. The Morgan fingerprint density at radius 1 is 1.32 bits per heavy atom. The first-order chi connectivity index (χ1) is 11.8. The first kappa shape index (κ1) is 18.2. The number of aliphatic hydroxyl groups is 1. The normalized spacial score (nSPS) is 30.2. The van der Waals surface area contributed by atoms with E-state index in [2.05, 4.69) is 32.2 Å². The van der Waals surface area contributed by atoms with Crippen LogP contribution in [-0.4, -0.2) is 30.8 Å². The number of nitrogens with one attached hydrogen (secondary N) is 1. The predicted molar refractivity (Wildman–Crippen MR) is 99.2 cm³/mol. The highest BCUT2D eigenvalue weighted by molar-refractivity contribution is 5.97. The summed E-state index contributed by atoms with van der Waals surface area (Å²) in [7, 11) is 1.63. The standard InChI is InChI=1S/C21H31NO3/c1-6-22-19(24)14-11-13-7-8-17-20(2,3)18(23)9-10-21(17,4)15(13)12-16(14)25-5/h11-12,17-18,23H,6-10H2,1-5H3,(H,22,24)/t17-,18-,21+/m0/s1. The van der Waals surface area contributed by atoms with E-state index in [-0.39, 0.29) is 22.8 Å². The van der Waals surface area contributed by atoms with Crippen molar-refractivity contribution in [1.82, 2.24) is 5.32 Å². The number of carbonyl (C=O) groups excluding carboxylic acids is 1. The van der Waals surface area contributed by atoms with Gasteiger partial charge in [-0.25, -0.2) is 0 Å². The largest absolute Gasteiger partial charge is 0.496 e. The van der Waals surface area contributed by atoms with Crippen LogP contribution in [0.2, 0.25) is 0 Å². The lowest BCUT2D eigenvalue weighted by atomic mass is 9.49. The van der Waals surface area contributed by atoms with Crippen molar-refractivity contribution in [1.29, 1.82) is 0 Å². The number of benzene rings is 1. The molecule has 0 aliphatic heterocycles. The van der Waals surface area contributed by atoms with Gasteiger partial charge < -0.3 is 15.2 Å². The van der Waals surface area contributed by atoms with E-state index in [1.807, 2.05) is 13.0 Å². The molecular formula is C21H31NO3. The highest BCUT2D eigenvalue weighted by atomic mass is 16.5. The summed E-state index contributed by atoms with van der Waals surface area (Å²) in [5.41, 5.74) is 3.10. The predicted octanol–water partition coefficient (Wildman–Crippen LogP) is 3.45. The molecule has 0 heterocycles. The number of fused-ring (bicyclic) bond motifs is 3. The van der Waals surface area contributed by atoms with Gasteiger partial charge in [-0.15, -0.1) is 0 Å². The van der Waals surface area contributed by atoms with Gasteiger partial charge in [-0.3, -0.25) is 4.79 Å². The van der Waals surface area contributed by atoms with E-state index in [1.54, 1.807) is 7.11 Å². The Kier molecular flexibility index (Phi) is 4.61. The van der Waals surface area contributed by atoms with Crippen LogP contribution in [0, 0.1) is 11.3 Å². The maximum atomic E-state index is 12.4. The fourth-order valence-corrected chi connectivity index (χ4v) is 5.31. The van der Waals surface area contributed by atoms with Crippen LogP contribution in [0.3, 0.4) is 0 Å². The average Bonchev–Trinajstić information content (AvgIpc) is 2.58. The molecule has 1 aromatic carbocycles. The zero-order valence-corrected chi connectivity index (χ0v) is 16.1. The molecule has 0 unspecified atom stereocenters. The lowest BCUT2D eigenvalue weighted by molar-refractivity contribution is -0.0731. The molecule has 2 N–H and O–H groups in total. The molecule has 138 valence electrons. The quantitative estimate of drug-likeness (QED) is 0.882. The van der Waals surface area contributed by atoms with Crippen molar-refractivity contribution in [2.75, 3.05) is 13.7 Å². The van der Waals surface area contributed by atoms with Crippen LogP contribution in [0.25, 0.3) is 0 Å². The summed E-state index contributed by atoms with van der Waals surface area (Å²) in [4.78, 5) is 12.4. The highest BCUT2D eigenvalue weighted by Gasteiger charge is 2.53. The molecule has 4 nitrogen and oxygen atoms in total. The van der Waals surface area contributed by atoms with Crippen LogP contribution in [0.1, 0.15) is 68.4 Å². The zero-order valence-electron chi connectivity index (χ0n) is 16.1. The van der Waals surface area contributed by atoms with Crippen LogP contribution < -0.4 is 10.1 Å². The first-order valence-electron chi connectivity index (χ1n) is 9.43. The van der Waals surface area contributed by atoms with Crippen molar-refractivity contribution in [3.8, 4) is 5.75 Å². The number of ether oxygens (including phenoxy) is 1. The lowest BCUT2D eigenvalue weighted by Crippen LogP contribution is -2.53. The number of hydrogen-bond donors (Lipinski definition) is 2. The molecule has 25 heavy (non-hydrogen) atoms. The summed E-state index contributed by atoms with van der Waals surface area (Å²) in [6.45, 7) is 9.25. The van der Waals surface area contributed by atoms with Crippen molar-refractivity contribution in [3.05, 3.63) is 28.8 Å². The van der Waals surface area contributed by atoms with E-state index in [9.17, 15) is 9.90 Å². The van der Waals surface area contributed by atoms with Gasteiger partial charge in [0.25, 0.3) is 5.91 Å². The zero-order chi connectivity index (χ0) is 18.4. The van der Waals surface area contributed by atoms with E-state index < -0.39 is 0 Å². The third kappa shape index (κ3) is 2.75. The molecule has 3 atom stereocenters. The van der Waals surface area contributed by atoms with Crippen LogP contribution >= 0.6 is 0 Å². The molecule has 3 rings (SSSR count). The molecule has 0 bridgehead atoms.